The molecule has 3 heterocycles. The Morgan fingerprint density at radius 1 is 0.880 bits per heavy atom. The number of nitrogens with one attached hydrogen (secondary N) is 3. The van der Waals surface area contributed by atoms with Gasteiger partial charge in [-0.05, 0) is 12.1 Å². The van der Waals surface area contributed by atoms with E-state index in [1.54, 1.807) is 6.20 Å². The molecule has 1 aliphatic heterocycles. The molecule has 0 saturated carbocycles. The quantitative estimate of drug-likeness (QED) is 0.469. The first-order chi connectivity index (χ1) is 12.2. The Hall–Kier alpha value is -3.67. The van der Waals surface area contributed by atoms with Gasteiger partial charge in [0.05, 0.1) is 17.3 Å². The Kier molecular flexibility index (Phi) is 3.63. The molecular formula is C19H14N4O2. The number of imide groups is 1. The molecule has 2 amide bonds. The zero-order valence-corrected chi connectivity index (χ0v) is 13.1. The molecule has 0 bridgehead atoms. The first-order valence-corrected chi connectivity index (χ1v) is 7.74. The van der Waals surface area contributed by atoms with Gasteiger partial charge in [-0.1, -0.05) is 36.4 Å². The van der Waals surface area contributed by atoms with Crippen LogP contribution < -0.4 is 5.32 Å². The number of fused-ring (bicyclic) bond motifs is 2. The minimum absolute atomic E-state index is 0.338. The summed E-state index contributed by atoms with van der Waals surface area (Å²) in [5.74, 6) is -0.694. The number of hydrogen-bond donors (Lipinski definition) is 3. The summed E-state index contributed by atoms with van der Waals surface area (Å²) in [6, 6.07) is 15.7. The molecule has 0 saturated heterocycles. The molecule has 0 spiro atoms. The minimum Gasteiger partial charge on any atom is -0.361 e. The van der Waals surface area contributed by atoms with Gasteiger partial charge in [-0.2, -0.15) is 5.10 Å². The highest BCUT2D eigenvalue weighted by molar-refractivity contribution is 6.35. The van der Waals surface area contributed by atoms with Gasteiger partial charge >= 0.3 is 0 Å². The summed E-state index contributed by atoms with van der Waals surface area (Å²) in [5.41, 5.74) is 3.23. The maximum absolute atomic E-state index is 11.5. The molecule has 0 fully saturated rings. The standard InChI is InChI=1S/C12H8N2O2.C7H6N2/c15-11-5-8(12(16)14-11)9-6-13-10-4-2-1-3-7(9)10;1-2-4-7-6(3-1)5-8-9-7/h1-6,13H,(H,14,15,16);1-5H,(H,8,9). The lowest BCUT2D eigenvalue weighted by atomic mass is 10.1. The molecule has 5 rings (SSSR count). The van der Waals surface area contributed by atoms with Crippen LogP contribution in [0.1, 0.15) is 5.56 Å². The summed E-state index contributed by atoms with van der Waals surface area (Å²) >= 11 is 0. The van der Waals surface area contributed by atoms with E-state index in [-0.39, 0.29) is 11.8 Å². The van der Waals surface area contributed by atoms with Gasteiger partial charge in [0.2, 0.25) is 0 Å². The van der Waals surface area contributed by atoms with E-state index >= 15 is 0 Å². The van der Waals surface area contributed by atoms with E-state index in [2.05, 4.69) is 20.5 Å². The summed E-state index contributed by atoms with van der Waals surface area (Å²) < 4.78 is 0. The van der Waals surface area contributed by atoms with Crippen LogP contribution >= 0.6 is 0 Å². The molecule has 2 aromatic carbocycles. The first-order valence-electron chi connectivity index (χ1n) is 7.74. The van der Waals surface area contributed by atoms with Gasteiger partial charge in [0.25, 0.3) is 11.8 Å². The van der Waals surface area contributed by atoms with Crippen molar-refractivity contribution in [2.24, 2.45) is 0 Å². The number of nitrogens with zero attached hydrogens (tertiary/aromatic N) is 1. The van der Waals surface area contributed by atoms with E-state index in [0.717, 1.165) is 27.4 Å². The number of amides is 2. The normalized spacial score (nSPS) is 13.5. The van der Waals surface area contributed by atoms with E-state index in [1.807, 2.05) is 54.7 Å². The van der Waals surface area contributed by atoms with Gasteiger partial charge in [-0.15, -0.1) is 0 Å². The lowest BCUT2D eigenvalue weighted by Crippen LogP contribution is -2.21. The number of para-hydroxylation sites is 2. The summed E-state index contributed by atoms with van der Waals surface area (Å²) in [6.07, 6.45) is 4.89. The van der Waals surface area contributed by atoms with E-state index in [4.69, 9.17) is 0 Å². The largest absolute Gasteiger partial charge is 0.361 e. The number of benzene rings is 2. The molecule has 3 N–H and O–H groups in total. The molecule has 0 unspecified atom stereocenters. The third-order valence-corrected chi connectivity index (χ3v) is 3.99. The van der Waals surface area contributed by atoms with E-state index < -0.39 is 0 Å². The van der Waals surface area contributed by atoms with Crippen LogP contribution in [0.5, 0.6) is 0 Å². The highest BCUT2D eigenvalue weighted by Crippen LogP contribution is 2.26. The first kappa shape index (κ1) is 14.9. The van der Waals surface area contributed by atoms with Gasteiger partial charge in [0.15, 0.2) is 0 Å². The number of carbonyl (C=O) groups excluding carboxylic acids is 2. The number of hydrogen-bond acceptors (Lipinski definition) is 3. The highest BCUT2D eigenvalue weighted by Gasteiger charge is 2.23. The van der Waals surface area contributed by atoms with Crippen LogP contribution in [0.4, 0.5) is 0 Å². The van der Waals surface area contributed by atoms with Crippen LogP contribution in [-0.2, 0) is 9.59 Å². The predicted octanol–water partition coefficient (Wildman–Crippen LogP) is 2.77. The van der Waals surface area contributed by atoms with Crippen molar-refractivity contribution in [2.45, 2.75) is 0 Å². The summed E-state index contributed by atoms with van der Waals surface area (Å²) in [7, 11) is 0. The van der Waals surface area contributed by atoms with Crippen LogP contribution in [0.2, 0.25) is 0 Å². The van der Waals surface area contributed by atoms with Crippen LogP contribution in [0.25, 0.3) is 27.4 Å². The number of carbonyl (C=O) groups is 2. The average Bonchev–Trinajstić information content (AvgIpc) is 3.33. The van der Waals surface area contributed by atoms with Crippen molar-refractivity contribution >= 4 is 39.2 Å². The monoisotopic (exact) mass is 330 g/mol. The van der Waals surface area contributed by atoms with Gasteiger partial charge in [0, 0.05) is 34.1 Å². The predicted molar refractivity (Wildman–Crippen MR) is 95.5 cm³/mol. The maximum atomic E-state index is 11.5. The van der Waals surface area contributed by atoms with Crippen LogP contribution in [0.3, 0.4) is 0 Å². The Bertz CT molecular complexity index is 1090. The van der Waals surface area contributed by atoms with Crippen molar-refractivity contribution in [3.63, 3.8) is 0 Å². The average molecular weight is 330 g/mol. The van der Waals surface area contributed by atoms with Crippen molar-refractivity contribution in [2.75, 3.05) is 0 Å². The van der Waals surface area contributed by atoms with Crippen LogP contribution in [-0.4, -0.2) is 27.0 Å². The lowest BCUT2D eigenvalue weighted by Gasteiger charge is -1.97. The van der Waals surface area contributed by atoms with Gasteiger partial charge in [0.1, 0.15) is 0 Å². The third-order valence-electron chi connectivity index (χ3n) is 3.99. The van der Waals surface area contributed by atoms with E-state index in [1.165, 1.54) is 6.08 Å². The molecular weight excluding hydrogens is 316 g/mol. The Morgan fingerprint density at radius 3 is 2.40 bits per heavy atom. The smallest absolute Gasteiger partial charge is 0.258 e. The molecule has 0 radical (unpaired) electrons. The zero-order valence-electron chi connectivity index (χ0n) is 13.1. The summed E-state index contributed by atoms with van der Waals surface area (Å²) in [4.78, 5) is 25.7. The fourth-order valence-electron chi connectivity index (χ4n) is 2.79. The SMILES string of the molecule is O=C1C=C(c2c[nH]c3ccccc23)C(=O)N1.c1ccc2[nH]ncc2c1. The topological polar surface area (TPSA) is 90.6 Å². The molecule has 0 aliphatic carbocycles. The number of aromatic amines is 2. The Balaban J connectivity index is 0.000000147. The van der Waals surface area contributed by atoms with E-state index in [0.29, 0.717) is 5.57 Å². The van der Waals surface area contributed by atoms with Crippen molar-refractivity contribution in [3.05, 3.63) is 72.6 Å². The fraction of sp³-hybridized carbons (Fsp3) is 0. The molecule has 25 heavy (non-hydrogen) atoms. The van der Waals surface area contributed by atoms with Crippen molar-refractivity contribution in [3.8, 4) is 0 Å². The number of aromatic nitrogens is 3. The van der Waals surface area contributed by atoms with E-state index in [9.17, 15) is 9.59 Å². The third kappa shape index (κ3) is 2.81. The lowest BCUT2D eigenvalue weighted by molar-refractivity contribution is -0.123. The molecule has 2 aromatic heterocycles. The van der Waals surface area contributed by atoms with Gasteiger partial charge in [-0.25, -0.2) is 0 Å². The Morgan fingerprint density at radius 2 is 1.64 bits per heavy atom. The molecule has 1 aliphatic rings. The zero-order chi connectivity index (χ0) is 17.2. The van der Waals surface area contributed by atoms with Crippen molar-refractivity contribution < 1.29 is 9.59 Å². The van der Waals surface area contributed by atoms with Crippen LogP contribution in [0, 0.1) is 0 Å². The minimum atomic E-state index is -0.356. The second kappa shape index (κ2) is 6.09. The van der Waals surface area contributed by atoms with Gasteiger partial charge < -0.3 is 4.98 Å². The summed E-state index contributed by atoms with van der Waals surface area (Å²) in [5, 5.41) is 11.1. The fourth-order valence-corrected chi connectivity index (χ4v) is 2.79. The van der Waals surface area contributed by atoms with Crippen molar-refractivity contribution in [1.82, 2.24) is 20.5 Å². The second-order valence-corrected chi connectivity index (χ2v) is 5.58. The van der Waals surface area contributed by atoms with Crippen LogP contribution in [0.15, 0.2) is 67.0 Å². The maximum Gasteiger partial charge on any atom is 0.258 e. The Labute approximate surface area is 142 Å². The molecule has 0 atom stereocenters. The van der Waals surface area contributed by atoms with Gasteiger partial charge in [-0.3, -0.25) is 20.0 Å². The number of H-pyrrole nitrogens is 2. The second-order valence-electron chi connectivity index (χ2n) is 5.58. The number of rotatable bonds is 1. The molecule has 4 aromatic rings. The summed E-state index contributed by atoms with van der Waals surface area (Å²) in [6.45, 7) is 0. The highest BCUT2D eigenvalue weighted by atomic mass is 16.2. The molecule has 6 nitrogen and oxygen atoms in total. The molecule has 6 heteroatoms. The molecule has 122 valence electrons. The van der Waals surface area contributed by atoms with Crippen molar-refractivity contribution in [1.29, 1.82) is 0 Å².